The summed E-state index contributed by atoms with van der Waals surface area (Å²) in [6.07, 6.45) is 7.50. The van der Waals surface area contributed by atoms with Crippen LogP contribution >= 0.6 is 0 Å². The molecule has 0 aliphatic carbocycles. The van der Waals surface area contributed by atoms with Crippen molar-refractivity contribution in [3.05, 3.63) is 84.6 Å². The van der Waals surface area contributed by atoms with Crippen LogP contribution < -0.4 is 10.1 Å². The second kappa shape index (κ2) is 9.87. The SMILES string of the molecule is COc1ccccc1CC(=O)NCCn1ncc(-c2ccncc2)c1-c1ccc(C)nc1. The molecule has 0 aliphatic rings. The van der Waals surface area contributed by atoms with E-state index in [0.717, 1.165) is 33.6 Å². The number of aryl methyl sites for hydroxylation is 1. The summed E-state index contributed by atoms with van der Waals surface area (Å²) in [4.78, 5) is 21.0. The van der Waals surface area contributed by atoms with Crippen molar-refractivity contribution >= 4 is 5.91 Å². The summed E-state index contributed by atoms with van der Waals surface area (Å²) >= 11 is 0. The zero-order chi connectivity index (χ0) is 22.3. The fourth-order valence-corrected chi connectivity index (χ4v) is 3.60. The molecular formula is C25H25N5O2. The summed E-state index contributed by atoms with van der Waals surface area (Å²) in [6.45, 7) is 2.95. The van der Waals surface area contributed by atoms with Crippen LogP contribution in [0.2, 0.25) is 0 Å². The van der Waals surface area contributed by atoms with Crippen molar-refractivity contribution in [1.29, 1.82) is 0 Å². The quantitative estimate of drug-likeness (QED) is 0.464. The van der Waals surface area contributed by atoms with Crippen molar-refractivity contribution in [3.8, 4) is 28.1 Å². The lowest BCUT2D eigenvalue weighted by atomic mass is 10.0. The summed E-state index contributed by atoms with van der Waals surface area (Å²) < 4.78 is 7.24. The molecule has 1 aromatic carbocycles. The Balaban J connectivity index is 1.50. The molecule has 0 bridgehead atoms. The number of methoxy groups -OCH3 is 1. The van der Waals surface area contributed by atoms with Crippen molar-refractivity contribution in [2.24, 2.45) is 0 Å². The maximum atomic E-state index is 12.5. The molecule has 0 fully saturated rings. The number of nitrogens with one attached hydrogen (secondary N) is 1. The van der Waals surface area contributed by atoms with Gasteiger partial charge in [0.2, 0.25) is 5.91 Å². The first kappa shape index (κ1) is 21.2. The third-order valence-corrected chi connectivity index (χ3v) is 5.20. The van der Waals surface area contributed by atoms with Gasteiger partial charge < -0.3 is 10.1 Å². The Bertz CT molecular complexity index is 1190. The predicted molar refractivity (Wildman–Crippen MR) is 123 cm³/mol. The van der Waals surface area contributed by atoms with Gasteiger partial charge in [-0.05, 0) is 42.8 Å². The monoisotopic (exact) mass is 427 g/mol. The smallest absolute Gasteiger partial charge is 0.224 e. The average molecular weight is 428 g/mol. The van der Waals surface area contributed by atoms with Crippen molar-refractivity contribution in [2.75, 3.05) is 13.7 Å². The fraction of sp³-hybridized carbons (Fsp3) is 0.200. The molecule has 3 aromatic heterocycles. The fourth-order valence-electron chi connectivity index (χ4n) is 3.60. The average Bonchev–Trinajstić information content (AvgIpc) is 3.24. The van der Waals surface area contributed by atoms with E-state index in [1.807, 2.05) is 72.5 Å². The lowest BCUT2D eigenvalue weighted by molar-refractivity contribution is -0.120. The predicted octanol–water partition coefficient (Wildman–Crippen LogP) is 3.68. The van der Waals surface area contributed by atoms with Gasteiger partial charge in [-0.3, -0.25) is 19.4 Å². The van der Waals surface area contributed by atoms with Crippen LogP contribution in [0.4, 0.5) is 0 Å². The highest BCUT2D eigenvalue weighted by molar-refractivity contribution is 5.81. The summed E-state index contributed by atoms with van der Waals surface area (Å²) in [6, 6.07) is 15.5. The Kier molecular flexibility index (Phi) is 6.55. The number of amides is 1. The maximum Gasteiger partial charge on any atom is 0.224 e. The number of rotatable bonds is 8. The molecule has 3 heterocycles. The van der Waals surface area contributed by atoms with Gasteiger partial charge in [0.05, 0.1) is 32.0 Å². The molecule has 32 heavy (non-hydrogen) atoms. The molecular weight excluding hydrogens is 402 g/mol. The van der Waals surface area contributed by atoms with E-state index >= 15 is 0 Å². The van der Waals surface area contributed by atoms with Crippen LogP contribution in [0.1, 0.15) is 11.3 Å². The lowest BCUT2D eigenvalue weighted by Gasteiger charge is -2.12. The van der Waals surface area contributed by atoms with Gasteiger partial charge in [0.15, 0.2) is 0 Å². The first-order valence-electron chi connectivity index (χ1n) is 10.4. The Hall–Kier alpha value is -4.00. The molecule has 0 unspecified atom stereocenters. The number of para-hydroxylation sites is 1. The summed E-state index contributed by atoms with van der Waals surface area (Å²) in [7, 11) is 1.61. The normalized spacial score (nSPS) is 10.7. The zero-order valence-electron chi connectivity index (χ0n) is 18.2. The van der Waals surface area contributed by atoms with E-state index in [1.54, 1.807) is 19.5 Å². The Labute approximate surface area is 187 Å². The van der Waals surface area contributed by atoms with Crippen LogP contribution in [0.3, 0.4) is 0 Å². The van der Waals surface area contributed by atoms with Gasteiger partial charge in [-0.2, -0.15) is 5.10 Å². The minimum atomic E-state index is -0.0606. The number of ether oxygens (including phenoxy) is 1. The van der Waals surface area contributed by atoms with Crippen LogP contribution in [0.15, 0.2) is 73.3 Å². The van der Waals surface area contributed by atoms with E-state index in [1.165, 1.54) is 0 Å². The number of hydrogen-bond donors (Lipinski definition) is 1. The minimum Gasteiger partial charge on any atom is -0.496 e. The Morgan fingerprint density at radius 1 is 1.03 bits per heavy atom. The van der Waals surface area contributed by atoms with Crippen molar-refractivity contribution < 1.29 is 9.53 Å². The molecule has 0 aliphatic heterocycles. The molecule has 0 spiro atoms. The molecule has 7 heteroatoms. The van der Waals surface area contributed by atoms with Gasteiger partial charge in [-0.25, -0.2) is 0 Å². The van der Waals surface area contributed by atoms with Crippen molar-refractivity contribution in [3.63, 3.8) is 0 Å². The third-order valence-electron chi connectivity index (χ3n) is 5.20. The molecule has 0 saturated heterocycles. The van der Waals surface area contributed by atoms with Crippen LogP contribution in [0.25, 0.3) is 22.4 Å². The number of hydrogen-bond acceptors (Lipinski definition) is 5. The standard InChI is InChI=1S/C25H25N5O2/c1-18-7-8-21(16-28-18)25-22(19-9-11-26-12-10-19)17-29-30(25)14-13-27-24(31)15-20-5-3-4-6-23(20)32-2/h3-12,16-17H,13-15H2,1-2H3,(H,27,31). The van der Waals surface area contributed by atoms with Crippen molar-refractivity contribution in [2.45, 2.75) is 19.9 Å². The van der Waals surface area contributed by atoms with Crippen LogP contribution in [-0.2, 0) is 17.8 Å². The highest BCUT2D eigenvalue weighted by atomic mass is 16.5. The van der Waals surface area contributed by atoms with Crippen LogP contribution in [0, 0.1) is 6.92 Å². The summed E-state index contributed by atoms with van der Waals surface area (Å²) in [5.74, 6) is 0.653. The molecule has 0 atom stereocenters. The number of nitrogens with zero attached hydrogens (tertiary/aromatic N) is 4. The van der Waals surface area contributed by atoms with E-state index in [-0.39, 0.29) is 12.3 Å². The Morgan fingerprint density at radius 2 is 1.84 bits per heavy atom. The van der Waals surface area contributed by atoms with E-state index in [4.69, 9.17) is 4.74 Å². The summed E-state index contributed by atoms with van der Waals surface area (Å²) in [5, 5.41) is 7.58. The molecule has 4 rings (SSSR count). The van der Waals surface area contributed by atoms with E-state index in [2.05, 4.69) is 20.4 Å². The molecule has 162 valence electrons. The molecule has 0 radical (unpaired) electrons. The lowest BCUT2D eigenvalue weighted by Crippen LogP contribution is -2.29. The van der Waals surface area contributed by atoms with Crippen LogP contribution in [0.5, 0.6) is 5.75 Å². The topological polar surface area (TPSA) is 81.9 Å². The second-order valence-corrected chi connectivity index (χ2v) is 7.39. The molecule has 7 nitrogen and oxygen atoms in total. The van der Waals surface area contributed by atoms with Crippen molar-refractivity contribution in [1.82, 2.24) is 25.1 Å². The minimum absolute atomic E-state index is 0.0606. The number of pyridine rings is 2. The van der Waals surface area contributed by atoms with Gasteiger partial charge in [0.1, 0.15) is 5.75 Å². The van der Waals surface area contributed by atoms with Gasteiger partial charge in [-0.1, -0.05) is 18.2 Å². The number of carbonyl (C=O) groups is 1. The first-order chi connectivity index (χ1) is 15.7. The highest BCUT2D eigenvalue weighted by Gasteiger charge is 2.15. The largest absolute Gasteiger partial charge is 0.496 e. The first-order valence-corrected chi connectivity index (χ1v) is 10.4. The Morgan fingerprint density at radius 3 is 2.59 bits per heavy atom. The maximum absolute atomic E-state index is 12.5. The van der Waals surface area contributed by atoms with Gasteiger partial charge in [0.25, 0.3) is 0 Å². The van der Waals surface area contributed by atoms with E-state index in [0.29, 0.717) is 18.8 Å². The van der Waals surface area contributed by atoms with Crippen LogP contribution in [-0.4, -0.2) is 39.3 Å². The van der Waals surface area contributed by atoms with Gasteiger partial charge >= 0.3 is 0 Å². The molecule has 0 saturated carbocycles. The number of aromatic nitrogens is 4. The highest BCUT2D eigenvalue weighted by Crippen LogP contribution is 2.31. The van der Waals surface area contributed by atoms with Gasteiger partial charge in [0, 0.05) is 47.5 Å². The molecule has 1 N–H and O–H groups in total. The summed E-state index contributed by atoms with van der Waals surface area (Å²) in [5.41, 5.74) is 5.77. The number of benzene rings is 1. The van der Waals surface area contributed by atoms with E-state index in [9.17, 15) is 4.79 Å². The third kappa shape index (κ3) is 4.83. The zero-order valence-corrected chi connectivity index (χ0v) is 18.2. The molecule has 4 aromatic rings. The van der Waals surface area contributed by atoms with Gasteiger partial charge in [-0.15, -0.1) is 0 Å². The second-order valence-electron chi connectivity index (χ2n) is 7.39. The van der Waals surface area contributed by atoms with E-state index < -0.39 is 0 Å². The number of carbonyl (C=O) groups excluding carboxylic acids is 1. The molecule has 1 amide bonds.